The molecule has 1 aliphatic rings. The lowest BCUT2D eigenvalue weighted by atomic mass is 9.98. The van der Waals surface area contributed by atoms with Crippen molar-refractivity contribution in [1.82, 2.24) is 15.6 Å². The lowest BCUT2D eigenvalue weighted by Crippen LogP contribution is -2.41. The first kappa shape index (κ1) is 36.0. The number of aromatic nitrogens is 1. The predicted octanol–water partition coefficient (Wildman–Crippen LogP) is 3.25. The highest BCUT2D eigenvalue weighted by Crippen LogP contribution is 2.30. The third-order valence-electron chi connectivity index (χ3n) is 8.28. The second-order valence-electron chi connectivity index (χ2n) is 12.3. The van der Waals surface area contributed by atoms with Crippen LogP contribution in [0.2, 0.25) is 5.02 Å². The second-order valence-corrected chi connectivity index (χ2v) is 14.7. The summed E-state index contributed by atoms with van der Waals surface area (Å²) in [6, 6.07) is 19.4. The van der Waals surface area contributed by atoms with Gasteiger partial charge in [-0.15, -0.1) is 0 Å². The zero-order chi connectivity index (χ0) is 35.3. The maximum absolute atomic E-state index is 15.2. The van der Waals surface area contributed by atoms with E-state index in [0.29, 0.717) is 53.6 Å². The quantitative estimate of drug-likeness (QED) is 0.0591. The summed E-state index contributed by atoms with van der Waals surface area (Å²) in [6.45, 7) is 3.07. The molecule has 0 amide bonds. The van der Waals surface area contributed by atoms with E-state index >= 15 is 4.39 Å². The fourth-order valence-corrected chi connectivity index (χ4v) is 6.63. The van der Waals surface area contributed by atoms with Gasteiger partial charge >= 0.3 is 0 Å². The molecule has 4 aromatic rings. The van der Waals surface area contributed by atoms with Crippen molar-refractivity contribution in [2.45, 2.75) is 55.9 Å². The monoisotopic (exact) mass is 708 g/mol. The van der Waals surface area contributed by atoms with E-state index in [4.69, 9.17) is 28.5 Å². The number of aromatic amines is 1. The Kier molecular flexibility index (Phi) is 11.4. The molecule has 0 saturated heterocycles. The lowest BCUT2D eigenvalue weighted by Gasteiger charge is -2.26. The van der Waals surface area contributed by atoms with Crippen LogP contribution in [-0.2, 0) is 16.3 Å². The van der Waals surface area contributed by atoms with Crippen molar-refractivity contribution in [3.63, 3.8) is 0 Å². The smallest absolute Gasteiger partial charge is 0.231 e. The molecule has 3 atom stereocenters. The molecule has 14 heteroatoms. The largest absolute Gasteiger partial charge is 0.370 e. The van der Waals surface area contributed by atoms with Crippen molar-refractivity contribution in [1.29, 1.82) is 5.41 Å². The molecule has 1 aliphatic heterocycles. The van der Waals surface area contributed by atoms with Crippen LogP contribution >= 0.6 is 11.6 Å². The minimum absolute atomic E-state index is 0.0374. The zero-order valence-corrected chi connectivity index (χ0v) is 29.0. The minimum atomic E-state index is -3.35. The van der Waals surface area contributed by atoms with Crippen LogP contribution in [0.1, 0.15) is 48.9 Å². The number of guanidine groups is 1. The van der Waals surface area contributed by atoms with Crippen LogP contribution in [0, 0.1) is 11.2 Å². The highest BCUT2D eigenvalue weighted by Gasteiger charge is 2.21. The molecular formula is C35H42ClFN8O3S. The molecule has 0 spiro atoms. The number of halogens is 2. The molecule has 0 bridgehead atoms. The molecule has 260 valence electrons. The topological polar surface area (TPSA) is 186 Å². The summed E-state index contributed by atoms with van der Waals surface area (Å²) in [6.07, 6.45) is 4.82. The van der Waals surface area contributed by atoms with Crippen LogP contribution in [0.4, 0.5) is 10.1 Å². The standard InChI is InChI=1S/C35H42ClFN8O3S/c1-21(38)5-3-6-22-17-28(31(37)29(36)18-22)30-19-25-20-45(35(46)44-33(25)43-30)26-11-7-23(8-12-26)32(41-15-4-16-42-34(39)40)24-9-13-27(14-10-24)49(2,47)48/h7-14,17-21,32,35,41,46H,3-6,15-16,38H2,1-2H3,(H,43,44)(H4,39,40,42)/t21-,32+,35?/m0/s1. The van der Waals surface area contributed by atoms with Crippen LogP contribution in [0.25, 0.3) is 17.5 Å². The van der Waals surface area contributed by atoms with Crippen molar-refractivity contribution in [3.05, 3.63) is 105 Å². The van der Waals surface area contributed by atoms with Crippen LogP contribution < -0.4 is 37.7 Å². The van der Waals surface area contributed by atoms with E-state index in [-0.39, 0.29) is 28.0 Å². The normalized spacial score (nSPS) is 15.6. The van der Waals surface area contributed by atoms with Gasteiger partial charge in [-0.1, -0.05) is 35.9 Å². The number of aliphatic hydroxyl groups is 1. The van der Waals surface area contributed by atoms with Crippen molar-refractivity contribution in [2.24, 2.45) is 16.5 Å². The first-order valence-corrected chi connectivity index (χ1v) is 18.3. The van der Waals surface area contributed by atoms with E-state index in [1.54, 1.807) is 53.6 Å². The number of aliphatic hydroxyl groups excluding tert-OH is 1. The van der Waals surface area contributed by atoms with Crippen molar-refractivity contribution >= 4 is 39.3 Å². The maximum Gasteiger partial charge on any atom is 0.231 e. The second kappa shape index (κ2) is 15.5. The number of nitrogens with one attached hydrogen (secondary N) is 4. The van der Waals surface area contributed by atoms with Gasteiger partial charge in [0, 0.05) is 41.5 Å². The van der Waals surface area contributed by atoms with Crippen molar-refractivity contribution < 1.29 is 17.9 Å². The van der Waals surface area contributed by atoms with Gasteiger partial charge in [0.1, 0.15) is 5.49 Å². The molecule has 1 unspecified atom stereocenters. The van der Waals surface area contributed by atoms with Crippen LogP contribution in [0.5, 0.6) is 0 Å². The Labute approximate surface area is 290 Å². The summed E-state index contributed by atoms with van der Waals surface area (Å²) >= 11 is 6.28. The molecule has 0 radical (unpaired) electrons. The van der Waals surface area contributed by atoms with Gasteiger partial charge in [-0.25, -0.2) is 17.8 Å². The maximum atomic E-state index is 15.2. The van der Waals surface area contributed by atoms with Gasteiger partial charge in [-0.3, -0.25) is 5.41 Å². The molecule has 9 N–H and O–H groups in total. The number of rotatable bonds is 14. The molecule has 11 nitrogen and oxygen atoms in total. The van der Waals surface area contributed by atoms with Crippen molar-refractivity contribution in [3.8, 4) is 11.3 Å². The molecular weight excluding hydrogens is 667 g/mol. The Hall–Kier alpha value is -4.27. The third kappa shape index (κ3) is 9.05. The highest BCUT2D eigenvalue weighted by atomic mass is 35.5. The SMILES string of the molecule is C[C@H](N)CCCc1cc(Cl)c(F)c(-c2cc3c([nH]2)=NC(O)N(c2ccc([C@@H](NCCCNC(=N)N)c4ccc(S(C)(=O)=O)cc4)cc2)C=3)c1. The summed E-state index contributed by atoms with van der Waals surface area (Å²) < 4.78 is 39.3. The summed E-state index contributed by atoms with van der Waals surface area (Å²) in [5.41, 5.74) is 15.9. The Morgan fingerprint density at radius 3 is 2.41 bits per heavy atom. The van der Waals surface area contributed by atoms with E-state index in [1.165, 1.54) is 6.26 Å². The van der Waals surface area contributed by atoms with Gasteiger partial charge < -0.3 is 37.1 Å². The third-order valence-corrected chi connectivity index (χ3v) is 9.69. The fraction of sp³-hybridized carbons (Fsp3) is 0.314. The van der Waals surface area contributed by atoms with Gasteiger partial charge in [0.25, 0.3) is 0 Å². The number of benzene rings is 3. The van der Waals surface area contributed by atoms with Gasteiger partial charge in [-0.2, -0.15) is 0 Å². The summed E-state index contributed by atoms with van der Waals surface area (Å²) in [4.78, 5) is 9.42. The molecule has 5 rings (SSSR count). The van der Waals surface area contributed by atoms with Gasteiger partial charge in [0.2, 0.25) is 6.35 Å². The fourth-order valence-electron chi connectivity index (χ4n) is 5.76. The number of nitrogens with zero attached hydrogens (tertiary/aromatic N) is 2. The van der Waals surface area contributed by atoms with E-state index in [0.717, 1.165) is 29.5 Å². The summed E-state index contributed by atoms with van der Waals surface area (Å²) in [5.74, 6) is -0.627. The summed E-state index contributed by atoms with van der Waals surface area (Å²) in [5, 5.41) is 25.4. The van der Waals surface area contributed by atoms with Crippen molar-refractivity contribution in [2.75, 3.05) is 24.2 Å². The average molecular weight is 709 g/mol. The van der Waals surface area contributed by atoms with Crippen LogP contribution in [-0.4, -0.2) is 56.2 Å². The van der Waals surface area contributed by atoms with Crippen LogP contribution in [0.15, 0.2) is 76.6 Å². The number of H-pyrrole nitrogens is 1. The van der Waals surface area contributed by atoms with E-state index < -0.39 is 22.0 Å². The number of aryl methyl sites for hydroxylation is 1. The van der Waals surface area contributed by atoms with Gasteiger partial charge in [0.15, 0.2) is 21.6 Å². The number of hydrogen-bond acceptors (Lipinski definition) is 8. The number of nitrogens with two attached hydrogens (primary N) is 2. The molecule has 1 aromatic heterocycles. The average Bonchev–Trinajstić information content (AvgIpc) is 3.46. The Balaban J connectivity index is 1.39. The van der Waals surface area contributed by atoms with E-state index in [1.807, 2.05) is 31.2 Å². The highest BCUT2D eigenvalue weighted by molar-refractivity contribution is 7.90. The summed E-state index contributed by atoms with van der Waals surface area (Å²) in [7, 11) is -3.35. The van der Waals surface area contributed by atoms with E-state index in [9.17, 15) is 13.5 Å². The number of fused-ring (bicyclic) bond motifs is 1. The molecule has 3 aromatic carbocycles. The zero-order valence-electron chi connectivity index (χ0n) is 27.4. The molecule has 0 saturated carbocycles. The minimum Gasteiger partial charge on any atom is -0.370 e. The predicted molar refractivity (Wildman–Crippen MR) is 192 cm³/mol. The van der Waals surface area contributed by atoms with Crippen LogP contribution in [0.3, 0.4) is 0 Å². The number of anilines is 1. The van der Waals surface area contributed by atoms with E-state index in [2.05, 4.69) is 20.6 Å². The number of sulfone groups is 1. The Bertz CT molecular complexity index is 2020. The Morgan fingerprint density at radius 1 is 1.10 bits per heavy atom. The first-order valence-electron chi connectivity index (χ1n) is 16.0. The Morgan fingerprint density at radius 2 is 1.78 bits per heavy atom. The van der Waals surface area contributed by atoms with Gasteiger partial charge in [-0.05, 0) is 98.3 Å². The molecule has 2 heterocycles. The first-order chi connectivity index (χ1) is 23.3. The number of hydrogen-bond donors (Lipinski definition) is 7. The molecule has 0 fully saturated rings. The molecule has 0 aliphatic carbocycles. The lowest BCUT2D eigenvalue weighted by molar-refractivity contribution is 0.186. The van der Waals surface area contributed by atoms with Gasteiger partial charge in [0.05, 0.1) is 21.7 Å². The molecule has 49 heavy (non-hydrogen) atoms.